The van der Waals surface area contributed by atoms with E-state index in [-0.39, 0.29) is 17.5 Å². The number of aryl methyl sites for hydroxylation is 1. The quantitative estimate of drug-likeness (QED) is 0.786. The molecule has 1 saturated heterocycles. The molecule has 1 aromatic carbocycles. The Hall–Kier alpha value is -2.35. The summed E-state index contributed by atoms with van der Waals surface area (Å²) in [5.74, 6) is 5.60. The summed E-state index contributed by atoms with van der Waals surface area (Å²) in [6.07, 6.45) is 3.60. The number of fused-ring (bicyclic) bond motifs is 1. The molecule has 0 unspecified atom stereocenters. The molecule has 1 aliphatic heterocycles. The van der Waals surface area contributed by atoms with Gasteiger partial charge in [-0.3, -0.25) is 9.36 Å². The van der Waals surface area contributed by atoms with Crippen molar-refractivity contribution in [3.8, 4) is 0 Å². The van der Waals surface area contributed by atoms with Gasteiger partial charge in [-0.25, -0.2) is 9.18 Å². The van der Waals surface area contributed by atoms with Crippen LogP contribution in [0.1, 0.15) is 44.2 Å². The highest BCUT2D eigenvalue weighted by Gasteiger charge is 2.32. The van der Waals surface area contributed by atoms with E-state index in [0.29, 0.717) is 33.9 Å². The normalized spacial score (nSPS) is 23.2. The van der Waals surface area contributed by atoms with Gasteiger partial charge < -0.3 is 16.5 Å². The van der Waals surface area contributed by atoms with Gasteiger partial charge in [0, 0.05) is 30.7 Å². The maximum atomic E-state index is 15.1. The largest absolute Gasteiger partial charge is 0.367 e. The maximum absolute atomic E-state index is 15.1. The molecule has 7 nitrogen and oxygen atoms in total. The zero-order valence-electron chi connectivity index (χ0n) is 15.7. The van der Waals surface area contributed by atoms with Crippen LogP contribution in [0.5, 0.6) is 0 Å². The molecule has 0 spiro atoms. The first-order valence-corrected chi connectivity index (χ1v) is 9.59. The van der Waals surface area contributed by atoms with Crippen molar-refractivity contribution in [1.29, 1.82) is 0 Å². The lowest BCUT2D eigenvalue weighted by Gasteiger charge is -2.38. The van der Waals surface area contributed by atoms with Crippen LogP contribution >= 0.6 is 0 Å². The van der Waals surface area contributed by atoms with Gasteiger partial charge in [0.25, 0.3) is 5.56 Å². The Kier molecular flexibility index (Phi) is 4.25. The first-order valence-electron chi connectivity index (χ1n) is 9.59. The fraction of sp³-hybridized carbons (Fsp3) is 0.579. The van der Waals surface area contributed by atoms with Crippen LogP contribution in [0.2, 0.25) is 0 Å². The lowest BCUT2D eigenvalue weighted by atomic mass is 9.91. The summed E-state index contributed by atoms with van der Waals surface area (Å²) in [6, 6.07) is 1.21. The molecule has 0 bridgehead atoms. The molecule has 4 rings (SSSR count). The van der Waals surface area contributed by atoms with Gasteiger partial charge in [0.1, 0.15) is 5.82 Å². The van der Waals surface area contributed by atoms with E-state index in [2.05, 4.69) is 6.92 Å². The van der Waals surface area contributed by atoms with Crippen molar-refractivity contribution in [2.24, 2.45) is 11.7 Å². The van der Waals surface area contributed by atoms with Gasteiger partial charge in [0.05, 0.1) is 16.6 Å². The van der Waals surface area contributed by atoms with Crippen molar-refractivity contribution in [2.75, 3.05) is 23.8 Å². The topological polar surface area (TPSA) is 99.3 Å². The summed E-state index contributed by atoms with van der Waals surface area (Å²) in [7, 11) is 0. The standard InChI is InChI=1S/C19H26FN5O2/c1-3-11-6-12(21)9-23(8-11)17-10(2)16-14(7-15(17)20)18(26)25(22)19(27)24(16)13-4-5-13/h7,11-13H,3-6,8-9,21-22H2,1-2H3/t11-,12-/m0/s1. The van der Waals surface area contributed by atoms with Crippen molar-refractivity contribution >= 4 is 16.6 Å². The predicted octanol–water partition coefficient (Wildman–Crippen LogP) is 1.22. The Morgan fingerprint density at radius 2 is 1.96 bits per heavy atom. The average Bonchev–Trinajstić information content (AvgIpc) is 3.45. The van der Waals surface area contributed by atoms with Crippen LogP contribution < -0.4 is 27.7 Å². The van der Waals surface area contributed by atoms with Gasteiger partial charge in [-0.2, -0.15) is 4.68 Å². The maximum Gasteiger partial charge on any atom is 0.350 e. The second-order valence-electron chi connectivity index (χ2n) is 7.96. The monoisotopic (exact) mass is 375 g/mol. The Morgan fingerprint density at radius 3 is 2.59 bits per heavy atom. The first-order chi connectivity index (χ1) is 12.8. The number of hydrogen-bond donors (Lipinski definition) is 2. The van der Waals surface area contributed by atoms with Crippen molar-refractivity contribution in [1.82, 2.24) is 9.24 Å². The van der Waals surface area contributed by atoms with Crippen LogP contribution in [0.15, 0.2) is 15.7 Å². The number of aromatic nitrogens is 2. The van der Waals surface area contributed by atoms with Crippen molar-refractivity contribution in [3.63, 3.8) is 0 Å². The van der Waals surface area contributed by atoms with E-state index < -0.39 is 17.1 Å². The molecular weight excluding hydrogens is 349 g/mol. The van der Waals surface area contributed by atoms with Gasteiger partial charge in [-0.05, 0) is 38.2 Å². The molecule has 146 valence electrons. The number of hydrogen-bond acceptors (Lipinski definition) is 5. The van der Waals surface area contributed by atoms with E-state index in [0.717, 1.165) is 32.2 Å². The molecule has 1 aliphatic carbocycles. The van der Waals surface area contributed by atoms with Gasteiger partial charge in [-0.15, -0.1) is 0 Å². The molecule has 1 saturated carbocycles. The molecule has 0 radical (unpaired) electrons. The highest BCUT2D eigenvalue weighted by atomic mass is 19.1. The minimum atomic E-state index is -0.665. The molecule has 2 heterocycles. The fourth-order valence-electron chi connectivity index (χ4n) is 4.44. The molecular formula is C19H26FN5O2. The lowest BCUT2D eigenvalue weighted by Crippen LogP contribution is -2.48. The van der Waals surface area contributed by atoms with Crippen LogP contribution in [0.4, 0.5) is 10.1 Å². The summed E-state index contributed by atoms with van der Waals surface area (Å²) in [6.45, 7) is 5.16. The van der Waals surface area contributed by atoms with Crippen LogP contribution in [0.25, 0.3) is 10.9 Å². The Balaban J connectivity index is 1.98. The van der Waals surface area contributed by atoms with E-state index in [9.17, 15) is 9.59 Å². The number of anilines is 1. The third-order valence-electron chi connectivity index (χ3n) is 5.94. The number of rotatable bonds is 3. The molecule has 8 heteroatoms. The summed E-state index contributed by atoms with van der Waals surface area (Å²) >= 11 is 0. The SMILES string of the molecule is CC[C@H]1C[C@H](N)CN(c2c(F)cc3c(=O)n(N)c(=O)n(C4CC4)c3c2C)C1. The Labute approximate surface area is 156 Å². The number of halogens is 1. The Morgan fingerprint density at radius 1 is 1.26 bits per heavy atom. The van der Waals surface area contributed by atoms with E-state index in [4.69, 9.17) is 11.6 Å². The van der Waals surface area contributed by atoms with Gasteiger partial charge >= 0.3 is 5.69 Å². The summed E-state index contributed by atoms with van der Waals surface area (Å²) in [4.78, 5) is 27.1. The molecule has 2 aromatic rings. The van der Waals surface area contributed by atoms with E-state index in [1.165, 1.54) is 6.07 Å². The van der Waals surface area contributed by atoms with Gasteiger partial charge in [0.15, 0.2) is 0 Å². The summed E-state index contributed by atoms with van der Waals surface area (Å²) < 4.78 is 17.3. The average molecular weight is 375 g/mol. The van der Waals surface area contributed by atoms with Gasteiger partial charge in [-0.1, -0.05) is 13.3 Å². The number of piperidine rings is 1. The number of nitrogen functional groups attached to an aromatic ring is 1. The Bertz CT molecular complexity index is 1020. The molecule has 1 aromatic heterocycles. The van der Waals surface area contributed by atoms with E-state index >= 15 is 4.39 Å². The van der Waals surface area contributed by atoms with Crippen LogP contribution in [-0.2, 0) is 0 Å². The number of benzene rings is 1. The number of nitrogens with two attached hydrogens (primary N) is 2. The minimum Gasteiger partial charge on any atom is -0.367 e. The second-order valence-corrected chi connectivity index (χ2v) is 7.96. The second kappa shape index (κ2) is 6.37. The molecule has 27 heavy (non-hydrogen) atoms. The van der Waals surface area contributed by atoms with E-state index in [1.807, 2.05) is 4.90 Å². The minimum absolute atomic E-state index is 0.0133. The highest BCUT2D eigenvalue weighted by molar-refractivity contribution is 5.87. The van der Waals surface area contributed by atoms with E-state index in [1.54, 1.807) is 11.5 Å². The summed E-state index contributed by atoms with van der Waals surface area (Å²) in [5.41, 5.74) is 6.55. The fourth-order valence-corrected chi connectivity index (χ4v) is 4.44. The smallest absolute Gasteiger partial charge is 0.350 e. The molecule has 2 atom stereocenters. The van der Waals surface area contributed by atoms with Crippen LogP contribution in [0, 0.1) is 18.7 Å². The van der Waals surface area contributed by atoms with Crippen LogP contribution in [-0.4, -0.2) is 28.4 Å². The van der Waals surface area contributed by atoms with Crippen LogP contribution in [0.3, 0.4) is 0 Å². The zero-order valence-corrected chi connectivity index (χ0v) is 15.7. The molecule has 2 fully saturated rings. The first kappa shape index (κ1) is 18.0. The highest BCUT2D eigenvalue weighted by Crippen LogP contribution is 2.39. The van der Waals surface area contributed by atoms with Crippen molar-refractivity contribution in [2.45, 2.75) is 51.6 Å². The lowest BCUT2D eigenvalue weighted by molar-refractivity contribution is 0.365. The third kappa shape index (κ3) is 2.82. The molecule has 0 amide bonds. The zero-order chi connectivity index (χ0) is 19.5. The molecule has 2 aliphatic rings. The number of nitrogens with zero attached hydrogens (tertiary/aromatic N) is 3. The third-order valence-corrected chi connectivity index (χ3v) is 5.94. The predicted molar refractivity (Wildman–Crippen MR) is 104 cm³/mol. The van der Waals surface area contributed by atoms with Gasteiger partial charge in [0.2, 0.25) is 0 Å². The summed E-state index contributed by atoms with van der Waals surface area (Å²) in [5, 5.41) is 0.149. The molecule has 4 N–H and O–H groups in total. The van der Waals surface area contributed by atoms with Crippen molar-refractivity contribution < 1.29 is 4.39 Å². The van der Waals surface area contributed by atoms with Crippen molar-refractivity contribution in [3.05, 3.63) is 38.3 Å².